The Kier molecular flexibility index (Phi) is 5.10. The first-order valence-electron chi connectivity index (χ1n) is 5.37. The minimum Gasteiger partial charge on any atom is -0.269 e. The maximum absolute atomic E-state index is 12.0. The Labute approximate surface area is 115 Å². The van der Waals surface area contributed by atoms with E-state index in [1.165, 1.54) is 6.07 Å². The van der Waals surface area contributed by atoms with Crippen LogP contribution in [0.3, 0.4) is 0 Å². The molecule has 0 radical (unpaired) electrons. The summed E-state index contributed by atoms with van der Waals surface area (Å²) < 4.78 is 26.4. The topological polar surface area (TPSA) is 63.2 Å². The Morgan fingerprint density at radius 1 is 1.39 bits per heavy atom. The van der Waals surface area contributed by atoms with Crippen molar-refractivity contribution in [2.24, 2.45) is 0 Å². The zero-order valence-electron chi connectivity index (χ0n) is 10.1. The monoisotopic (exact) mass is 331 g/mol. The van der Waals surface area contributed by atoms with Gasteiger partial charge in [0.1, 0.15) is 4.90 Å². The van der Waals surface area contributed by atoms with Gasteiger partial charge in [0.2, 0.25) is 0 Å². The van der Waals surface area contributed by atoms with Crippen LogP contribution in [-0.2, 0) is 14.8 Å². The van der Waals surface area contributed by atoms with Gasteiger partial charge in [-0.25, -0.2) is 13.1 Å². The predicted molar refractivity (Wildman–Crippen MR) is 73.5 cm³/mol. The van der Waals surface area contributed by atoms with Gasteiger partial charge in [-0.1, -0.05) is 25.1 Å². The quantitative estimate of drug-likeness (QED) is 0.862. The Balaban J connectivity index is 3.01. The Bertz CT molecular complexity index is 579. The van der Waals surface area contributed by atoms with Crippen molar-refractivity contribution in [1.82, 2.24) is 4.72 Å². The second kappa shape index (κ2) is 6.15. The van der Waals surface area contributed by atoms with Crippen LogP contribution in [0.2, 0.25) is 0 Å². The molecule has 1 rings (SSSR count). The van der Waals surface area contributed by atoms with E-state index >= 15 is 0 Å². The Morgan fingerprint density at radius 3 is 2.56 bits per heavy atom. The zero-order valence-corrected chi connectivity index (χ0v) is 12.5. The average Bonchev–Trinajstić information content (AvgIpc) is 2.29. The molecule has 1 aromatic carbocycles. The number of benzene rings is 1. The first-order valence-corrected chi connectivity index (χ1v) is 7.64. The van der Waals surface area contributed by atoms with Crippen LogP contribution in [0.4, 0.5) is 0 Å². The fourth-order valence-corrected chi connectivity index (χ4v) is 3.34. The van der Waals surface area contributed by atoms with Crippen LogP contribution in [0.15, 0.2) is 45.3 Å². The number of allylic oxidation sites excluding steroid dienone is 1. The minimum absolute atomic E-state index is 0.0441. The molecule has 0 bridgehead atoms. The zero-order chi connectivity index (χ0) is 13.8. The van der Waals surface area contributed by atoms with Crippen molar-refractivity contribution in [2.75, 3.05) is 0 Å². The number of hydrogen-bond acceptors (Lipinski definition) is 3. The second-order valence-corrected chi connectivity index (χ2v) is 6.17. The highest BCUT2D eigenvalue weighted by atomic mass is 79.9. The fraction of sp³-hybridized carbons (Fsp3) is 0.250. The van der Waals surface area contributed by atoms with Gasteiger partial charge in [0.25, 0.3) is 15.9 Å². The van der Waals surface area contributed by atoms with Crippen LogP contribution in [-0.4, -0.2) is 14.3 Å². The van der Waals surface area contributed by atoms with Gasteiger partial charge < -0.3 is 0 Å². The molecule has 0 aliphatic rings. The SMILES string of the molecule is CC/C=C(\C)C(=O)NS(=O)(=O)c1ccccc1Br. The van der Waals surface area contributed by atoms with E-state index < -0.39 is 15.9 Å². The summed E-state index contributed by atoms with van der Waals surface area (Å²) in [5.74, 6) is -0.604. The highest BCUT2D eigenvalue weighted by Crippen LogP contribution is 2.20. The lowest BCUT2D eigenvalue weighted by atomic mass is 10.2. The van der Waals surface area contributed by atoms with Gasteiger partial charge >= 0.3 is 0 Å². The standard InChI is InChI=1S/C12H14BrNO3S/c1-3-6-9(2)12(15)14-18(16,17)11-8-5-4-7-10(11)13/h4-8H,3H2,1-2H3,(H,14,15)/b9-6+. The summed E-state index contributed by atoms with van der Waals surface area (Å²) in [5, 5.41) is 0. The summed E-state index contributed by atoms with van der Waals surface area (Å²) in [5.41, 5.74) is 0.383. The van der Waals surface area contributed by atoms with Gasteiger partial charge in [-0.3, -0.25) is 4.79 Å². The van der Waals surface area contributed by atoms with Crippen LogP contribution in [0.25, 0.3) is 0 Å². The third-order valence-corrected chi connectivity index (χ3v) is 4.56. The lowest BCUT2D eigenvalue weighted by molar-refractivity contribution is -0.115. The molecule has 1 aromatic rings. The molecule has 0 aliphatic heterocycles. The fourth-order valence-electron chi connectivity index (χ4n) is 1.32. The molecule has 1 N–H and O–H groups in total. The molecule has 0 saturated heterocycles. The Hall–Kier alpha value is -1.14. The number of carbonyl (C=O) groups excluding carboxylic acids is 1. The number of halogens is 1. The first-order chi connectivity index (χ1) is 8.38. The van der Waals surface area contributed by atoms with Crippen molar-refractivity contribution in [2.45, 2.75) is 25.2 Å². The molecular weight excluding hydrogens is 318 g/mol. The molecule has 0 fully saturated rings. The van der Waals surface area contributed by atoms with Crippen molar-refractivity contribution in [1.29, 1.82) is 0 Å². The van der Waals surface area contributed by atoms with Gasteiger partial charge in [-0.2, -0.15) is 0 Å². The van der Waals surface area contributed by atoms with Crippen molar-refractivity contribution >= 4 is 31.9 Å². The molecule has 0 saturated carbocycles. The lowest BCUT2D eigenvalue weighted by Gasteiger charge is -2.08. The molecule has 0 atom stereocenters. The van der Waals surface area contributed by atoms with Gasteiger partial charge in [0.05, 0.1) is 0 Å². The molecule has 98 valence electrons. The van der Waals surface area contributed by atoms with E-state index in [4.69, 9.17) is 0 Å². The molecule has 6 heteroatoms. The number of carbonyl (C=O) groups is 1. The highest BCUT2D eigenvalue weighted by molar-refractivity contribution is 9.10. The summed E-state index contributed by atoms with van der Waals surface area (Å²) in [6.45, 7) is 3.45. The van der Waals surface area contributed by atoms with Crippen LogP contribution in [0, 0.1) is 0 Å². The van der Waals surface area contributed by atoms with E-state index in [2.05, 4.69) is 15.9 Å². The van der Waals surface area contributed by atoms with Crippen molar-refractivity contribution in [3.8, 4) is 0 Å². The molecule has 0 aliphatic carbocycles. The molecule has 0 unspecified atom stereocenters. The number of amides is 1. The van der Waals surface area contributed by atoms with Crippen LogP contribution < -0.4 is 4.72 Å². The normalized spacial score (nSPS) is 12.3. The van der Waals surface area contributed by atoms with E-state index in [1.54, 1.807) is 31.2 Å². The maximum Gasteiger partial charge on any atom is 0.265 e. The highest BCUT2D eigenvalue weighted by Gasteiger charge is 2.20. The molecule has 0 aromatic heterocycles. The largest absolute Gasteiger partial charge is 0.269 e. The van der Waals surface area contributed by atoms with Gasteiger partial charge in [-0.05, 0) is 41.4 Å². The number of hydrogen-bond donors (Lipinski definition) is 1. The van der Waals surface area contributed by atoms with E-state index in [9.17, 15) is 13.2 Å². The minimum atomic E-state index is -3.84. The predicted octanol–water partition coefficient (Wildman–Crippen LogP) is 2.61. The van der Waals surface area contributed by atoms with Crippen LogP contribution in [0.1, 0.15) is 20.3 Å². The first kappa shape index (κ1) is 14.9. The smallest absolute Gasteiger partial charge is 0.265 e. The van der Waals surface area contributed by atoms with Gasteiger partial charge in [0.15, 0.2) is 0 Å². The van der Waals surface area contributed by atoms with E-state index in [1.807, 2.05) is 11.6 Å². The molecular formula is C12H14BrNO3S. The van der Waals surface area contributed by atoms with E-state index in [0.717, 1.165) is 0 Å². The van der Waals surface area contributed by atoms with Gasteiger partial charge in [0, 0.05) is 10.0 Å². The van der Waals surface area contributed by atoms with E-state index in [0.29, 0.717) is 16.5 Å². The van der Waals surface area contributed by atoms with Crippen molar-refractivity contribution in [3.05, 3.63) is 40.4 Å². The lowest BCUT2D eigenvalue weighted by Crippen LogP contribution is -2.31. The summed E-state index contributed by atoms with van der Waals surface area (Å²) >= 11 is 3.14. The summed E-state index contributed by atoms with van der Waals surface area (Å²) in [6.07, 6.45) is 2.35. The summed E-state index contributed by atoms with van der Waals surface area (Å²) in [4.78, 5) is 11.7. The number of rotatable bonds is 4. The third-order valence-electron chi connectivity index (χ3n) is 2.22. The molecule has 1 amide bonds. The van der Waals surface area contributed by atoms with E-state index in [-0.39, 0.29) is 4.90 Å². The Morgan fingerprint density at radius 2 is 2.00 bits per heavy atom. The van der Waals surface area contributed by atoms with Crippen LogP contribution >= 0.6 is 15.9 Å². The molecule has 18 heavy (non-hydrogen) atoms. The summed E-state index contributed by atoms with van der Waals surface area (Å²) in [7, 11) is -3.84. The molecule has 4 nitrogen and oxygen atoms in total. The van der Waals surface area contributed by atoms with Crippen LogP contribution in [0.5, 0.6) is 0 Å². The molecule has 0 spiro atoms. The number of nitrogens with one attached hydrogen (secondary N) is 1. The maximum atomic E-state index is 12.0. The van der Waals surface area contributed by atoms with Crippen molar-refractivity contribution < 1.29 is 13.2 Å². The average molecular weight is 332 g/mol. The summed E-state index contributed by atoms with van der Waals surface area (Å²) in [6, 6.07) is 6.33. The molecule has 0 heterocycles. The number of sulfonamides is 1. The third kappa shape index (κ3) is 3.68. The van der Waals surface area contributed by atoms with Crippen molar-refractivity contribution in [3.63, 3.8) is 0 Å². The second-order valence-electron chi connectivity index (χ2n) is 3.66. The van der Waals surface area contributed by atoms with Gasteiger partial charge in [-0.15, -0.1) is 0 Å².